The molecule has 0 bridgehead atoms. The van der Waals surface area contributed by atoms with E-state index in [9.17, 15) is 9.59 Å². The molecule has 0 saturated heterocycles. The molecule has 0 aliphatic rings. The van der Waals surface area contributed by atoms with Gasteiger partial charge in [-0.15, -0.1) is 0 Å². The predicted molar refractivity (Wildman–Crippen MR) is 73.1 cm³/mol. The highest BCUT2D eigenvalue weighted by Crippen LogP contribution is 2.06. The molecule has 0 saturated carbocycles. The van der Waals surface area contributed by atoms with Crippen LogP contribution in [0.3, 0.4) is 0 Å². The van der Waals surface area contributed by atoms with Gasteiger partial charge in [-0.3, -0.25) is 14.6 Å². The van der Waals surface area contributed by atoms with Crippen molar-refractivity contribution >= 4 is 17.3 Å². The number of carbonyl (C=O) groups excluding carboxylic acids is 2. The second-order valence-electron chi connectivity index (χ2n) is 4.15. The van der Waals surface area contributed by atoms with Crippen molar-refractivity contribution in [3.63, 3.8) is 0 Å². The quantitative estimate of drug-likeness (QED) is 0.463. The molecule has 94 valence electrons. The van der Waals surface area contributed by atoms with E-state index in [4.69, 9.17) is 0 Å². The largest absolute Gasteiger partial charge is 0.285 e. The van der Waals surface area contributed by atoms with E-state index >= 15 is 0 Å². The van der Waals surface area contributed by atoms with Gasteiger partial charge in [0.25, 0.3) is 0 Å². The minimum absolute atomic E-state index is 0.219. The third-order valence-electron chi connectivity index (χ3n) is 2.61. The first-order valence-corrected chi connectivity index (χ1v) is 5.79. The van der Waals surface area contributed by atoms with Crippen LogP contribution in [-0.4, -0.2) is 17.3 Å². The third kappa shape index (κ3) is 3.48. The lowest BCUT2D eigenvalue weighted by molar-refractivity contribution is -0.109. The van der Waals surface area contributed by atoms with Crippen molar-refractivity contribution in [1.29, 1.82) is 0 Å². The summed E-state index contributed by atoms with van der Waals surface area (Å²) in [6, 6.07) is 6.94. The number of nitrogens with zero attached hydrogens (tertiary/aromatic N) is 1. The van der Waals surface area contributed by atoms with E-state index in [1.807, 2.05) is 26.0 Å². The van der Waals surface area contributed by atoms with Crippen LogP contribution in [0.25, 0.3) is 0 Å². The maximum Gasteiger partial charge on any atom is 0.247 e. The molecule has 0 heterocycles. The number of ketones is 2. The Hall–Kier alpha value is -2.03. The van der Waals surface area contributed by atoms with Crippen LogP contribution in [0.5, 0.6) is 0 Å². The Balaban J connectivity index is 2.95. The average molecular weight is 243 g/mol. The summed E-state index contributed by atoms with van der Waals surface area (Å²) in [4.78, 5) is 27.9. The summed E-state index contributed by atoms with van der Waals surface area (Å²) in [5.74, 6) is -1.07. The van der Waals surface area contributed by atoms with E-state index < -0.39 is 11.6 Å². The maximum absolute atomic E-state index is 11.9. The van der Waals surface area contributed by atoms with Gasteiger partial charge in [0.2, 0.25) is 11.6 Å². The summed E-state index contributed by atoms with van der Waals surface area (Å²) in [6.45, 7) is 7.10. The highest BCUT2D eigenvalue weighted by atomic mass is 16.2. The van der Waals surface area contributed by atoms with Crippen LogP contribution >= 0.6 is 0 Å². The highest BCUT2D eigenvalue weighted by Gasteiger charge is 2.18. The molecule has 1 rings (SSSR count). The molecule has 3 heteroatoms. The summed E-state index contributed by atoms with van der Waals surface area (Å²) in [5, 5.41) is 0. The SMILES string of the molecule is C/C=C(/C)N=C(C)C(=O)C(=O)c1ccc(C)cc1. The molecule has 1 aromatic carbocycles. The topological polar surface area (TPSA) is 46.5 Å². The molecule has 0 aromatic heterocycles. The van der Waals surface area contributed by atoms with Gasteiger partial charge in [-0.05, 0) is 27.7 Å². The molecule has 0 fully saturated rings. The molecule has 0 N–H and O–H groups in total. The van der Waals surface area contributed by atoms with E-state index in [1.54, 1.807) is 32.1 Å². The first-order chi connectivity index (χ1) is 8.45. The smallest absolute Gasteiger partial charge is 0.247 e. The van der Waals surface area contributed by atoms with Crippen molar-refractivity contribution < 1.29 is 9.59 Å². The molecule has 0 radical (unpaired) electrons. The Morgan fingerprint density at radius 1 is 1.11 bits per heavy atom. The van der Waals surface area contributed by atoms with Gasteiger partial charge in [-0.25, -0.2) is 0 Å². The maximum atomic E-state index is 11.9. The molecule has 0 aliphatic heterocycles. The van der Waals surface area contributed by atoms with E-state index in [-0.39, 0.29) is 5.71 Å². The zero-order chi connectivity index (χ0) is 13.7. The fraction of sp³-hybridized carbons (Fsp3) is 0.267. The zero-order valence-electron chi connectivity index (χ0n) is 11.2. The molecular formula is C15H17NO2. The van der Waals surface area contributed by atoms with Crippen molar-refractivity contribution in [1.82, 2.24) is 0 Å². The highest BCUT2D eigenvalue weighted by molar-refractivity contribution is 6.67. The Labute approximate surface area is 107 Å². The Morgan fingerprint density at radius 3 is 2.17 bits per heavy atom. The van der Waals surface area contributed by atoms with E-state index in [0.29, 0.717) is 5.56 Å². The zero-order valence-corrected chi connectivity index (χ0v) is 11.2. The minimum Gasteiger partial charge on any atom is -0.285 e. The molecule has 18 heavy (non-hydrogen) atoms. The Kier molecular flexibility index (Phi) is 4.72. The van der Waals surface area contributed by atoms with Gasteiger partial charge in [0.15, 0.2) is 0 Å². The van der Waals surface area contributed by atoms with Gasteiger partial charge in [0.1, 0.15) is 0 Å². The third-order valence-corrected chi connectivity index (χ3v) is 2.61. The molecule has 0 spiro atoms. The van der Waals surface area contributed by atoms with Gasteiger partial charge in [-0.1, -0.05) is 35.9 Å². The number of hydrogen-bond donors (Lipinski definition) is 0. The van der Waals surface area contributed by atoms with Crippen molar-refractivity contribution in [2.75, 3.05) is 0 Å². The number of aryl methyl sites for hydroxylation is 1. The van der Waals surface area contributed by atoms with Crippen LogP contribution in [0.4, 0.5) is 0 Å². The number of allylic oxidation sites excluding steroid dienone is 2. The number of carbonyl (C=O) groups is 2. The van der Waals surface area contributed by atoms with Gasteiger partial charge >= 0.3 is 0 Å². The number of Topliss-reactive ketones (excluding diaryl/α,β-unsaturated/α-hetero) is 2. The van der Waals surface area contributed by atoms with E-state index in [0.717, 1.165) is 11.3 Å². The fourth-order valence-electron chi connectivity index (χ4n) is 1.38. The van der Waals surface area contributed by atoms with Crippen molar-refractivity contribution in [3.8, 4) is 0 Å². The summed E-state index contributed by atoms with van der Waals surface area (Å²) < 4.78 is 0. The number of benzene rings is 1. The van der Waals surface area contributed by atoms with Crippen molar-refractivity contribution in [2.24, 2.45) is 4.99 Å². The molecule has 0 aliphatic carbocycles. The van der Waals surface area contributed by atoms with E-state index in [1.165, 1.54) is 0 Å². The standard InChI is InChI=1S/C15H17NO2/c1-5-11(3)16-12(4)14(17)15(18)13-8-6-10(2)7-9-13/h5-9H,1-4H3/b11-5-,16-12?. The van der Waals surface area contributed by atoms with Crippen molar-refractivity contribution in [3.05, 3.63) is 47.2 Å². The first kappa shape index (κ1) is 14.0. The average Bonchev–Trinajstić information content (AvgIpc) is 2.37. The number of rotatable bonds is 4. The Morgan fingerprint density at radius 2 is 1.67 bits per heavy atom. The molecule has 0 atom stereocenters. The molecule has 0 amide bonds. The van der Waals surface area contributed by atoms with Crippen LogP contribution in [0.1, 0.15) is 36.7 Å². The van der Waals surface area contributed by atoms with Gasteiger partial charge < -0.3 is 0 Å². The van der Waals surface area contributed by atoms with Gasteiger partial charge in [-0.2, -0.15) is 0 Å². The lowest BCUT2D eigenvalue weighted by Crippen LogP contribution is -2.21. The summed E-state index contributed by atoms with van der Waals surface area (Å²) in [7, 11) is 0. The number of aliphatic imine (C=N–C) groups is 1. The fourth-order valence-corrected chi connectivity index (χ4v) is 1.38. The summed E-state index contributed by atoms with van der Waals surface area (Å²) in [6.07, 6.45) is 1.78. The molecular weight excluding hydrogens is 226 g/mol. The van der Waals surface area contributed by atoms with Gasteiger partial charge in [0.05, 0.1) is 5.71 Å². The normalized spacial score (nSPS) is 12.4. The van der Waals surface area contributed by atoms with Crippen LogP contribution < -0.4 is 0 Å². The lowest BCUT2D eigenvalue weighted by atomic mass is 10.0. The monoisotopic (exact) mass is 243 g/mol. The first-order valence-electron chi connectivity index (χ1n) is 5.79. The number of hydrogen-bond acceptors (Lipinski definition) is 3. The molecule has 0 unspecified atom stereocenters. The summed E-state index contributed by atoms with van der Waals surface area (Å²) >= 11 is 0. The van der Waals surface area contributed by atoms with E-state index in [2.05, 4.69) is 4.99 Å². The summed E-state index contributed by atoms with van der Waals surface area (Å²) in [5.41, 5.74) is 2.39. The Bertz CT molecular complexity index is 522. The second-order valence-corrected chi connectivity index (χ2v) is 4.15. The van der Waals surface area contributed by atoms with Crippen LogP contribution in [-0.2, 0) is 4.79 Å². The van der Waals surface area contributed by atoms with Crippen LogP contribution in [0.15, 0.2) is 41.0 Å². The minimum atomic E-state index is -0.556. The molecule has 1 aromatic rings. The van der Waals surface area contributed by atoms with Crippen LogP contribution in [0, 0.1) is 6.92 Å². The van der Waals surface area contributed by atoms with Crippen molar-refractivity contribution in [2.45, 2.75) is 27.7 Å². The lowest BCUT2D eigenvalue weighted by Gasteiger charge is -2.01. The van der Waals surface area contributed by atoms with Gasteiger partial charge in [0, 0.05) is 11.3 Å². The second kappa shape index (κ2) is 6.05. The van der Waals surface area contributed by atoms with Crippen LogP contribution in [0.2, 0.25) is 0 Å². The molecule has 3 nitrogen and oxygen atoms in total. The predicted octanol–water partition coefficient (Wildman–Crippen LogP) is 3.13.